The topological polar surface area (TPSA) is 21.3 Å². The van der Waals surface area contributed by atoms with Crippen molar-refractivity contribution >= 4 is 5.69 Å². The summed E-state index contributed by atoms with van der Waals surface area (Å²) in [6, 6.07) is 15.0. The van der Waals surface area contributed by atoms with Gasteiger partial charge in [-0.1, -0.05) is 38.1 Å². The van der Waals surface area contributed by atoms with Crippen molar-refractivity contribution < 1.29 is 4.74 Å². The number of benzene rings is 2. The molecule has 2 heteroatoms. The maximum atomic E-state index is 5.54. The first-order valence-electron chi connectivity index (χ1n) is 7.07. The van der Waals surface area contributed by atoms with Crippen LogP contribution in [0.5, 0.6) is 5.75 Å². The monoisotopic (exact) mass is 269 g/mol. The van der Waals surface area contributed by atoms with Gasteiger partial charge in [-0.25, -0.2) is 0 Å². The number of anilines is 1. The van der Waals surface area contributed by atoms with Crippen LogP contribution in [0, 0.1) is 0 Å². The normalized spacial score (nSPS) is 10.7. The highest BCUT2D eigenvalue weighted by Gasteiger charge is 2.07. The van der Waals surface area contributed by atoms with E-state index in [1.54, 1.807) is 7.11 Å². The minimum atomic E-state index is 0.521. The summed E-state index contributed by atoms with van der Waals surface area (Å²) < 4.78 is 5.54. The predicted octanol–water partition coefficient (Wildman–Crippen LogP) is 4.45. The van der Waals surface area contributed by atoms with Crippen molar-refractivity contribution in [2.45, 2.75) is 26.2 Å². The van der Waals surface area contributed by atoms with Gasteiger partial charge < -0.3 is 10.1 Å². The van der Waals surface area contributed by atoms with Gasteiger partial charge in [0.2, 0.25) is 0 Å². The van der Waals surface area contributed by atoms with E-state index in [1.165, 1.54) is 16.7 Å². The minimum absolute atomic E-state index is 0.521. The van der Waals surface area contributed by atoms with E-state index >= 15 is 0 Å². The third-order valence-electron chi connectivity index (χ3n) is 3.61. The highest BCUT2D eigenvalue weighted by Crippen LogP contribution is 2.26. The van der Waals surface area contributed by atoms with Gasteiger partial charge >= 0.3 is 0 Å². The van der Waals surface area contributed by atoms with Crippen molar-refractivity contribution in [1.29, 1.82) is 0 Å². The summed E-state index contributed by atoms with van der Waals surface area (Å²) in [7, 11) is 3.68. The molecule has 0 aromatic heterocycles. The molecule has 0 aliphatic carbocycles. The Hall–Kier alpha value is -1.96. The van der Waals surface area contributed by atoms with Crippen molar-refractivity contribution in [3.8, 4) is 5.75 Å². The molecule has 0 atom stereocenters. The van der Waals surface area contributed by atoms with Crippen LogP contribution >= 0.6 is 0 Å². The van der Waals surface area contributed by atoms with E-state index in [-0.39, 0.29) is 0 Å². The average molecular weight is 269 g/mol. The van der Waals surface area contributed by atoms with Crippen LogP contribution in [-0.2, 0) is 6.42 Å². The molecule has 2 aromatic carbocycles. The Morgan fingerprint density at radius 1 is 1.05 bits per heavy atom. The highest BCUT2D eigenvalue weighted by atomic mass is 16.5. The molecule has 106 valence electrons. The van der Waals surface area contributed by atoms with Crippen LogP contribution in [0.2, 0.25) is 0 Å². The van der Waals surface area contributed by atoms with Crippen LogP contribution in [-0.4, -0.2) is 14.2 Å². The van der Waals surface area contributed by atoms with E-state index in [9.17, 15) is 0 Å². The van der Waals surface area contributed by atoms with E-state index in [4.69, 9.17) is 4.74 Å². The van der Waals surface area contributed by atoms with Gasteiger partial charge in [0, 0.05) is 19.2 Å². The number of ether oxygens (including phenoxy) is 1. The second kappa shape index (κ2) is 6.47. The number of rotatable bonds is 5. The SMILES string of the molecule is CNc1ccc(Cc2ccc(C(C)C)cc2OC)cc1. The Bertz CT molecular complexity index is 558. The molecule has 0 radical (unpaired) electrons. The molecule has 0 aliphatic rings. The predicted molar refractivity (Wildman–Crippen MR) is 85.9 cm³/mol. The van der Waals surface area contributed by atoms with E-state index < -0.39 is 0 Å². The molecule has 0 heterocycles. The van der Waals surface area contributed by atoms with Crippen molar-refractivity contribution in [1.82, 2.24) is 0 Å². The van der Waals surface area contributed by atoms with Crippen LogP contribution < -0.4 is 10.1 Å². The molecule has 0 saturated heterocycles. The van der Waals surface area contributed by atoms with Gasteiger partial charge in [-0.2, -0.15) is 0 Å². The molecule has 0 spiro atoms. The fourth-order valence-corrected chi connectivity index (χ4v) is 2.28. The molecule has 20 heavy (non-hydrogen) atoms. The lowest BCUT2D eigenvalue weighted by Gasteiger charge is -2.13. The zero-order valence-corrected chi connectivity index (χ0v) is 12.7. The first-order valence-corrected chi connectivity index (χ1v) is 7.07. The summed E-state index contributed by atoms with van der Waals surface area (Å²) >= 11 is 0. The molecule has 0 amide bonds. The molecular weight excluding hydrogens is 246 g/mol. The molecule has 0 fully saturated rings. The largest absolute Gasteiger partial charge is 0.496 e. The van der Waals surface area contributed by atoms with Gasteiger partial charge in [-0.05, 0) is 40.8 Å². The summed E-state index contributed by atoms with van der Waals surface area (Å²) in [5, 5.41) is 3.14. The minimum Gasteiger partial charge on any atom is -0.496 e. The fourth-order valence-electron chi connectivity index (χ4n) is 2.28. The number of hydrogen-bond acceptors (Lipinski definition) is 2. The fraction of sp³-hybridized carbons (Fsp3) is 0.333. The van der Waals surface area contributed by atoms with Gasteiger partial charge in [-0.15, -0.1) is 0 Å². The highest BCUT2D eigenvalue weighted by molar-refractivity contribution is 5.46. The molecule has 0 bridgehead atoms. The summed E-state index contributed by atoms with van der Waals surface area (Å²) in [5.74, 6) is 1.50. The Morgan fingerprint density at radius 2 is 1.75 bits per heavy atom. The lowest BCUT2D eigenvalue weighted by Crippen LogP contribution is -1.97. The van der Waals surface area contributed by atoms with E-state index in [0.717, 1.165) is 17.9 Å². The van der Waals surface area contributed by atoms with Crippen LogP contribution in [0.1, 0.15) is 36.5 Å². The number of nitrogens with one attached hydrogen (secondary N) is 1. The lowest BCUT2D eigenvalue weighted by atomic mass is 9.97. The first kappa shape index (κ1) is 14.4. The summed E-state index contributed by atoms with van der Waals surface area (Å²) in [4.78, 5) is 0. The standard InChI is InChI=1S/C18H23NO/c1-13(2)15-7-8-16(18(12-15)20-4)11-14-5-9-17(19-3)10-6-14/h5-10,12-13,19H,11H2,1-4H3. The zero-order valence-electron chi connectivity index (χ0n) is 12.7. The quantitative estimate of drug-likeness (QED) is 0.865. The molecule has 2 aromatic rings. The van der Waals surface area contributed by atoms with Gasteiger partial charge in [0.1, 0.15) is 5.75 Å². The molecular formula is C18H23NO. The van der Waals surface area contributed by atoms with E-state index in [1.807, 2.05) is 7.05 Å². The van der Waals surface area contributed by atoms with Crippen molar-refractivity contribution in [3.05, 3.63) is 59.2 Å². The second-order valence-corrected chi connectivity index (χ2v) is 5.35. The van der Waals surface area contributed by atoms with Gasteiger partial charge in [0.05, 0.1) is 7.11 Å². The maximum absolute atomic E-state index is 5.54. The lowest BCUT2D eigenvalue weighted by molar-refractivity contribution is 0.409. The van der Waals surface area contributed by atoms with E-state index in [2.05, 4.69) is 61.6 Å². The summed E-state index contributed by atoms with van der Waals surface area (Å²) in [6.45, 7) is 4.40. The first-order chi connectivity index (χ1) is 9.63. The van der Waals surface area contributed by atoms with Crippen molar-refractivity contribution in [2.75, 3.05) is 19.5 Å². The number of hydrogen-bond donors (Lipinski definition) is 1. The molecule has 0 aliphatic heterocycles. The van der Waals surface area contributed by atoms with Crippen LogP contribution in [0.25, 0.3) is 0 Å². The van der Waals surface area contributed by atoms with Crippen molar-refractivity contribution in [3.63, 3.8) is 0 Å². The zero-order chi connectivity index (χ0) is 14.5. The van der Waals surface area contributed by atoms with Crippen LogP contribution in [0.15, 0.2) is 42.5 Å². The molecule has 2 rings (SSSR count). The Kier molecular flexibility index (Phi) is 4.67. The molecule has 0 saturated carbocycles. The van der Waals surface area contributed by atoms with Crippen LogP contribution in [0.3, 0.4) is 0 Å². The number of methoxy groups -OCH3 is 1. The van der Waals surface area contributed by atoms with Crippen LogP contribution in [0.4, 0.5) is 5.69 Å². The Labute approximate surface area is 121 Å². The maximum Gasteiger partial charge on any atom is 0.122 e. The Morgan fingerprint density at radius 3 is 2.30 bits per heavy atom. The summed E-state index contributed by atoms with van der Waals surface area (Å²) in [6.07, 6.45) is 0.894. The smallest absolute Gasteiger partial charge is 0.122 e. The van der Waals surface area contributed by atoms with E-state index in [0.29, 0.717) is 5.92 Å². The van der Waals surface area contributed by atoms with Gasteiger partial charge in [0.25, 0.3) is 0 Å². The van der Waals surface area contributed by atoms with Crippen molar-refractivity contribution in [2.24, 2.45) is 0 Å². The average Bonchev–Trinajstić information content (AvgIpc) is 2.48. The van der Waals surface area contributed by atoms with Gasteiger partial charge in [-0.3, -0.25) is 0 Å². The van der Waals surface area contributed by atoms with Gasteiger partial charge in [0.15, 0.2) is 0 Å². The Balaban J connectivity index is 2.23. The summed E-state index contributed by atoms with van der Waals surface area (Å²) in [5.41, 5.74) is 4.97. The third kappa shape index (κ3) is 3.32. The molecule has 2 nitrogen and oxygen atoms in total. The molecule has 0 unspecified atom stereocenters. The second-order valence-electron chi connectivity index (χ2n) is 5.35. The third-order valence-corrected chi connectivity index (χ3v) is 3.61. The molecule has 1 N–H and O–H groups in total.